The van der Waals surface area contributed by atoms with Gasteiger partial charge in [0, 0.05) is 6.26 Å². The molecule has 0 unspecified atom stereocenters. The molecule has 0 aliphatic heterocycles. The zero-order chi connectivity index (χ0) is 9.73. The Morgan fingerprint density at radius 1 is 1.08 bits per heavy atom. The number of benzene rings is 1. The fraction of sp³-hybridized carbons (Fsp3) is 0.333. The summed E-state index contributed by atoms with van der Waals surface area (Å²) in [5.41, 5.74) is 0. The fourth-order valence-corrected chi connectivity index (χ4v) is 4.66. The summed E-state index contributed by atoms with van der Waals surface area (Å²) in [6, 6.07) is 10.1. The highest BCUT2D eigenvalue weighted by molar-refractivity contribution is 8.61. The molecule has 0 heterocycles. The number of hydrogen-bond acceptors (Lipinski definition) is 3. The number of hydrogen-bond donors (Lipinski definition) is 0. The predicted octanol–water partition coefficient (Wildman–Crippen LogP) is 2.73. The van der Waals surface area contributed by atoms with Crippen molar-refractivity contribution in [2.75, 3.05) is 20.5 Å². The van der Waals surface area contributed by atoms with E-state index >= 15 is 0 Å². The van der Waals surface area contributed by atoms with Crippen molar-refractivity contribution in [3.63, 3.8) is 0 Å². The molecule has 0 aliphatic carbocycles. The molecule has 4 heteroatoms. The highest BCUT2D eigenvalue weighted by Gasteiger charge is 2.43. The maximum Gasteiger partial charge on any atom is 0.366 e. The minimum absolute atomic E-state index is 1.13. The molecule has 1 aromatic rings. The molecule has 0 bridgehead atoms. The van der Waals surface area contributed by atoms with Gasteiger partial charge in [0.25, 0.3) is 0 Å². The summed E-state index contributed by atoms with van der Waals surface area (Å²) in [5.74, 6) is 0. The van der Waals surface area contributed by atoms with Crippen LogP contribution < -0.4 is 5.30 Å². The first kappa shape index (κ1) is 11.0. The van der Waals surface area contributed by atoms with Crippen LogP contribution in [0.1, 0.15) is 0 Å². The van der Waals surface area contributed by atoms with E-state index in [9.17, 15) is 0 Å². The van der Waals surface area contributed by atoms with Crippen LogP contribution in [0.4, 0.5) is 0 Å². The van der Waals surface area contributed by atoms with E-state index in [-0.39, 0.29) is 0 Å². The minimum atomic E-state index is -1.87. The second-order valence-electron chi connectivity index (χ2n) is 2.38. The molecule has 0 saturated heterocycles. The monoisotopic (exact) mass is 217 g/mol. The lowest BCUT2D eigenvalue weighted by molar-refractivity contribution is 0.344. The van der Waals surface area contributed by atoms with Crippen molar-refractivity contribution in [2.24, 2.45) is 0 Å². The molecular weight excluding hydrogens is 203 g/mol. The van der Waals surface area contributed by atoms with Gasteiger partial charge in [-0.3, -0.25) is 0 Å². The molecule has 0 aliphatic rings. The van der Waals surface area contributed by atoms with Gasteiger partial charge in [-0.25, -0.2) is 0 Å². The quantitative estimate of drug-likeness (QED) is 0.722. The van der Waals surface area contributed by atoms with Gasteiger partial charge in [-0.15, -0.1) is 0 Å². The molecule has 0 N–H and O–H groups in total. The van der Waals surface area contributed by atoms with Crippen molar-refractivity contribution in [3.05, 3.63) is 30.3 Å². The van der Waals surface area contributed by atoms with E-state index in [2.05, 4.69) is 0 Å². The van der Waals surface area contributed by atoms with Crippen LogP contribution in [0.15, 0.2) is 30.3 Å². The van der Waals surface area contributed by atoms with Crippen LogP contribution in [0.3, 0.4) is 0 Å². The molecule has 0 aromatic heterocycles. The number of rotatable bonds is 4. The van der Waals surface area contributed by atoms with Crippen molar-refractivity contribution in [1.29, 1.82) is 0 Å². The van der Waals surface area contributed by atoms with Gasteiger partial charge in [0.15, 0.2) is 5.30 Å². The molecule has 72 valence electrons. The third-order valence-corrected chi connectivity index (χ3v) is 7.14. The van der Waals surface area contributed by atoms with Gasteiger partial charge in [0.05, 0.1) is 25.6 Å². The Morgan fingerprint density at radius 3 is 2.00 bits per heavy atom. The van der Waals surface area contributed by atoms with Gasteiger partial charge in [0.2, 0.25) is 0 Å². The minimum Gasteiger partial charge on any atom is -0.192 e. The normalized spacial score (nSPS) is 11.6. The molecule has 1 rings (SSSR count). The van der Waals surface area contributed by atoms with Gasteiger partial charge in [-0.2, -0.15) is 9.05 Å². The molecule has 0 spiro atoms. The van der Waals surface area contributed by atoms with Crippen LogP contribution in [-0.4, -0.2) is 20.5 Å². The van der Waals surface area contributed by atoms with Crippen molar-refractivity contribution in [1.82, 2.24) is 0 Å². The first-order valence-corrected chi connectivity index (χ1v) is 7.36. The van der Waals surface area contributed by atoms with Crippen LogP contribution in [-0.2, 0) is 9.05 Å². The Labute approximate surface area is 83.9 Å². The first-order valence-electron chi connectivity index (χ1n) is 3.91. The van der Waals surface area contributed by atoms with Gasteiger partial charge in [0.1, 0.15) is 0 Å². The highest BCUT2D eigenvalue weighted by atomic mass is 32.7. The van der Waals surface area contributed by atoms with Gasteiger partial charge >= 0.3 is 6.92 Å². The van der Waals surface area contributed by atoms with Crippen LogP contribution in [0.2, 0.25) is 0 Å². The SMILES string of the molecule is CO[P+](OC)(SC)c1ccccc1. The maximum atomic E-state index is 5.47. The zero-order valence-corrected chi connectivity index (χ0v) is 9.77. The smallest absolute Gasteiger partial charge is 0.192 e. The summed E-state index contributed by atoms with van der Waals surface area (Å²) in [7, 11) is 3.39. The third kappa shape index (κ3) is 2.23. The Morgan fingerprint density at radius 2 is 1.62 bits per heavy atom. The van der Waals surface area contributed by atoms with E-state index in [1.165, 1.54) is 0 Å². The topological polar surface area (TPSA) is 18.5 Å². The lowest BCUT2D eigenvalue weighted by Crippen LogP contribution is -2.10. The van der Waals surface area contributed by atoms with E-state index in [0.29, 0.717) is 0 Å². The molecule has 2 nitrogen and oxygen atoms in total. The average Bonchev–Trinajstić information content (AvgIpc) is 2.23. The van der Waals surface area contributed by atoms with Crippen LogP contribution in [0.25, 0.3) is 0 Å². The molecule has 0 atom stereocenters. The largest absolute Gasteiger partial charge is 0.366 e. The lowest BCUT2D eigenvalue weighted by atomic mass is 10.4. The second-order valence-corrected chi connectivity index (χ2v) is 7.53. The van der Waals surface area contributed by atoms with E-state index in [4.69, 9.17) is 9.05 Å². The summed E-state index contributed by atoms with van der Waals surface area (Å²) in [6.45, 7) is -1.87. The first-order chi connectivity index (χ1) is 6.29. The Balaban J connectivity index is 3.01. The van der Waals surface area contributed by atoms with Crippen LogP contribution in [0, 0.1) is 0 Å². The van der Waals surface area contributed by atoms with Crippen molar-refractivity contribution in [3.8, 4) is 0 Å². The van der Waals surface area contributed by atoms with E-state index in [1.807, 2.05) is 36.6 Å². The molecule has 0 fully saturated rings. The van der Waals surface area contributed by atoms with Crippen molar-refractivity contribution >= 4 is 23.6 Å². The summed E-state index contributed by atoms with van der Waals surface area (Å²) < 4.78 is 10.9. The molecule has 13 heavy (non-hydrogen) atoms. The van der Waals surface area contributed by atoms with Crippen LogP contribution in [0.5, 0.6) is 0 Å². The molecule has 0 radical (unpaired) electrons. The zero-order valence-electron chi connectivity index (χ0n) is 8.06. The Kier molecular flexibility index (Phi) is 4.20. The Hall–Kier alpha value is -0.0800. The van der Waals surface area contributed by atoms with E-state index in [1.54, 1.807) is 25.6 Å². The fourth-order valence-electron chi connectivity index (χ4n) is 1.15. The predicted molar refractivity (Wildman–Crippen MR) is 60.5 cm³/mol. The standard InChI is InChI=1S/C9H14O2PS/c1-10-12(11-2,13-3)9-7-5-4-6-8-9/h4-8H,1-3H3/q+1. The Bertz CT molecular complexity index is 241. The van der Waals surface area contributed by atoms with E-state index < -0.39 is 6.92 Å². The van der Waals surface area contributed by atoms with Gasteiger partial charge < -0.3 is 0 Å². The summed E-state index contributed by atoms with van der Waals surface area (Å²) in [4.78, 5) is 0. The molecular formula is C9H14O2PS+. The highest BCUT2D eigenvalue weighted by Crippen LogP contribution is 2.68. The third-order valence-electron chi connectivity index (χ3n) is 1.79. The lowest BCUT2D eigenvalue weighted by Gasteiger charge is -2.16. The molecule has 1 aromatic carbocycles. The average molecular weight is 217 g/mol. The summed E-state index contributed by atoms with van der Waals surface area (Å²) in [5, 5.41) is 1.13. The summed E-state index contributed by atoms with van der Waals surface area (Å²) >= 11 is 1.64. The molecule has 0 saturated carbocycles. The van der Waals surface area contributed by atoms with E-state index in [0.717, 1.165) is 5.30 Å². The summed E-state index contributed by atoms with van der Waals surface area (Å²) in [6.07, 6.45) is 2.01. The van der Waals surface area contributed by atoms with Crippen molar-refractivity contribution in [2.45, 2.75) is 0 Å². The second kappa shape index (κ2) is 4.97. The van der Waals surface area contributed by atoms with Crippen molar-refractivity contribution < 1.29 is 9.05 Å². The van der Waals surface area contributed by atoms with Gasteiger partial charge in [-0.1, -0.05) is 18.2 Å². The maximum absolute atomic E-state index is 5.47. The molecule has 0 amide bonds. The van der Waals surface area contributed by atoms with Gasteiger partial charge in [-0.05, 0) is 12.1 Å². The van der Waals surface area contributed by atoms with Crippen LogP contribution >= 0.6 is 18.3 Å².